The maximum atomic E-state index is 11.2. The lowest BCUT2D eigenvalue weighted by Gasteiger charge is -2.09. The van der Waals surface area contributed by atoms with Gasteiger partial charge in [-0.25, -0.2) is 9.97 Å². The third-order valence-corrected chi connectivity index (χ3v) is 3.75. The summed E-state index contributed by atoms with van der Waals surface area (Å²) in [5.41, 5.74) is 7.58. The lowest BCUT2D eigenvalue weighted by molar-refractivity contribution is -0.385. The predicted octanol–water partition coefficient (Wildman–Crippen LogP) is 2.43. The van der Waals surface area contributed by atoms with Crippen molar-refractivity contribution < 1.29 is 14.4 Å². The summed E-state index contributed by atoms with van der Waals surface area (Å²) in [6.45, 7) is 0.0687. The van der Waals surface area contributed by atoms with E-state index in [-0.39, 0.29) is 18.2 Å². The number of rotatable bonds is 6. The fraction of sp³-hybridized carbons (Fsp3) is 0.176. The number of hydrogen-bond donors (Lipinski definition) is 1. The molecule has 8 heteroatoms. The lowest BCUT2D eigenvalue weighted by atomic mass is 10.0. The minimum atomic E-state index is -0.465. The van der Waals surface area contributed by atoms with Crippen molar-refractivity contribution in [2.24, 2.45) is 5.73 Å². The molecule has 3 aromatic rings. The predicted molar refractivity (Wildman–Crippen MR) is 91.7 cm³/mol. The zero-order valence-corrected chi connectivity index (χ0v) is 13.5. The zero-order valence-electron chi connectivity index (χ0n) is 13.5. The maximum absolute atomic E-state index is 11.2. The Hall–Kier alpha value is -3.26. The second-order valence-corrected chi connectivity index (χ2v) is 5.25. The number of benzene rings is 2. The monoisotopic (exact) mass is 340 g/mol. The van der Waals surface area contributed by atoms with E-state index in [9.17, 15) is 10.1 Å². The average Bonchev–Trinajstić information content (AvgIpc) is 2.62. The molecule has 0 aliphatic rings. The number of ether oxygens (including phenoxy) is 2. The van der Waals surface area contributed by atoms with E-state index in [1.165, 1.54) is 19.5 Å². The van der Waals surface area contributed by atoms with Gasteiger partial charge in [0, 0.05) is 17.9 Å². The number of aromatic nitrogens is 2. The van der Waals surface area contributed by atoms with Gasteiger partial charge in [-0.2, -0.15) is 0 Å². The molecule has 0 saturated heterocycles. The molecule has 25 heavy (non-hydrogen) atoms. The number of nitrogens with two attached hydrogens (primary N) is 1. The summed E-state index contributed by atoms with van der Waals surface area (Å²) in [5.74, 6) is 0.840. The van der Waals surface area contributed by atoms with Gasteiger partial charge < -0.3 is 9.47 Å². The first-order chi connectivity index (χ1) is 12.1. The van der Waals surface area contributed by atoms with Crippen molar-refractivity contribution in [3.63, 3.8) is 0 Å². The SMILES string of the molecule is COc1ccc(Cc2ncnc3ccc(OCN)cc23)cc1[N+](=O)[O-]. The number of nitrogens with zero attached hydrogens (tertiary/aromatic N) is 3. The summed E-state index contributed by atoms with van der Waals surface area (Å²) in [6, 6.07) is 10.3. The van der Waals surface area contributed by atoms with Crippen LogP contribution in [0.25, 0.3) is 10.9 Å². The Morgan fingerprint density at radius 1 is 1.20 bits per heavy atom. The van der Waals surface area contributed by atoms with Gasteiger partial charge in [-0.05, 0) is 29.8 Å². The van der Waals surface area contributed by atoms with Crippen LogP contribution in [0.2, 0.25) is 0 Å². The van der Waals surface area contributed by atoms with E-state index in [2.05, 4.69) is 9.97 Å². The molecule has 0 fully saturated rings. The van der Waals surface area contributed by atoms with Crippen LogP contribution in [0, 0.1) is 10.1 Å². The molecule has 0 spiro atoms. The molecule has 1 heterocycles. The first kappa shape index (κ1) is 16.6. The molecular weight excluding hydrogens is 324 g/mol. The van der Waals surface area contributed by atoms with E-state index in [0.29, 0.717) is 12.2 Å². The van der Waals surface area contributed by atoms with Gasteiger partial charge >= 0.3 is 5.69 Å². The normalized spacial score (nSPS) is 10.6. The molecule has 128 valence electrons. The summed E-state index contributed by atoms with van der Waals surface area (Å²) < 4.78 is 10.3. The number of fused-ring (bicyclic) bond motifs is 1. The van der Waals surface area contributed by atoms with Crippen LogP contribution in [-0.4, -0.2) is 28.7 Å². The molecule has 0 aliphatic heterocycles. The standard InChI is InChI=1S/C17H16N4O4/c1-24-17-5-2-11(7-16(17)21(22)23)6-15-13-8-12(25-9-18)3-4-14(13)19-10-20-15/h2-5,7-8,10H,6,9,18H2,1H3. The maximum Gasteiger partial charge on any atom is 0.311 e. The molecule has 1 aromatic heterocycles. The quantitative estimate of drug-likeness (QED) is 0.416. The molecule has 0 aliphatic carbocycles. The van der Waals surface area contributed by atoms with Gasteiger partial charge in [0.2, 0.25) is 0 Å². The summed E-state index contributed by atoms with van der Waals surface area (Å²) in [7, 11) is 1.40. The zero-order chi connectivity index (χ0) is 17.8. The molecule has 0 atom stereocenters. The van der Waals surface area contributed by atoms with Gasteiger partial charge in [0.1, 0.15) is 18.8 Å². The third-order valence-electron chi connectivity index (χ3n) is 3.75. The number of hydrogen-bond acceptors (Lipinski definition) is 7. The minimum Gasteiger partial charge on any atom is -0.490 e. The van der Waals surface area contributed by atoms with Crippen LogP contribution < -0.4 is 15.2 Å². The summed E-state index contributed by atoms with van der Waals surface area (Å²) in [6.07, 6.45) is 1.88. The summed E-state index contributed by atoms with van der Waals surface area (Å²) >= 11 is 0. The van der Waals surface area contributed by atoms with Crippen LogP contribution in [0.15, 0.2) is 42.7 Å². The van der Waals surface area contributed by atoms with Crippen molar-refractivity contribution >= 4 is 16.6 Å². The second kappa shape index (κ2) is 7.10. The van der Waals surface area contributed by atoms with Crippen LogP contribution in [0.3, 0.4) is 0 Å². The Morgan fingerprint density at radius 2 is 2.04 bits per heavy atom. The molecule has 0 saturated carbocycles. The Morgan fingerprint density at radius 3 is 2.76 bits per heavy atom. The van der Waals surface area contributed by atoms with Crippen molar-refractivity contribution in [2.75, 3.05) is 13.8 Å². The Balaban J connectivity index is 2.01. The number of nitro benzene ring substituents is 1. The fourth-order valence-electron chi connectivity index (χ4n) is 2.60. The largest absolute Gasteiger partial charge is 0.490 e. The van der Waals surface area contributed by atoms with Crippen LogP contribution in [0.4, 0.5) is 5.69 Å². The topological polar surface area (TPSA) is 113 Å². The molecule has 2 aromatic carbocycles. The van der Waals surface area contributed by atoms with E-state index in [4.69, 9.17) is 15.2 Å². The summed E-state index contributed by atoms with van der Waals surface area (Å²) in [5, 5.41) is 12.0. The van der Waals surface area contributed by atoms with Crippen LogP contribution >= 0.6 is 0 Å². The molecule has 2 N–H and O–H groups in total. The Kier molecular flexibility index (Phi) is 4.71. The van der Waals surface area contributed by atoms with Gasteiger partial charge in [0.05, 0.1) is 23.2 Å². The van der Waals surface area contributed by atoms with E-state index in [1.54, 1.807) is 18.2 Å². The van der Waals surface area contributed by atoms with Gasteiger partial charge in [-0.1, -0.05) is 6.07 Å². The van der Waals surface area contributed by atoms with Gasteiger partial charge in [-0.3, -0.25) is 15.8 Å². The van der Waals surface area contributed by atoms with Crippen molar-refractivity contribution in [3.8, 4) is 11.5 Å². The van der Waals surface area contributed by atoms with Crippen molar-refractivity contribution in [1.29, 1.82) is 0 Å². The number of methoxy groups -OCH3 is 1. The van der Waals surface area contributed by atoms with Gasteiger partial charge in [0.15, 0.2) is 5.75 Å². The Bertz CT molecular complexity index is 930. The van der Waals surface area contributed by atoms with Crippen molar-refractivity contribution in [1.82, 2.24) is 9.97 Å². The average molecular weight is 340 g/mol. The second-order valence-electron chi connectivity index (χ2n) is 5.25. The molecule has 0 radical (unpaired) electrons. The van der Waals surface area contributed by atoms with Crippen LogP contribution in [0.5, 0.6) is 11.5 Å². The van der Waals surface area contributed by atoms with Crippen LogP contribution in [-0.2, 0) is 6.42 Å². The Labute approximate surface area is 143 Å². The minimum absolute atomic E-state index is 0.0687. The highest BCUT2D eigenvalue weighted by atomic mass is 16.6. The highest BCUT2D eigenvalue weighted by Crippen LogP contribution is 2.29. The molecular formula is C17H16N4O4. The van der Waals surface area contributed by atoms with Crippen LogP contribution in [0.1, 0.15) is 11.3 Å². The molecule has 8 nitrogen and oxygen atoms in total. The third kappa shape index (κ3) is 3.48. The van der Waals surface area contributed by atoms with E-state index in [0.717, 1.165) is 22.2 Å². The highest BCUT2D eigenvalue weighted by Gasteiger charge is 2.16. The van der Waals surface area contributed by atoms with E-state index in [1.807, 2.05) is 12.1 Å². The molecule has 0 bridgehead atoms. The molecule has 0 amide bonds. The fourth-order valence-corrected chi connectivity index (χ4v) is 2.60. The van der Waals surface area contributed by atoms with E-state index >= 15 is 0 Å². The summed E-state index contributed by atoms with van der Waals surface area (Å²) in [4.78, 5) is 19.3. The van der Waals surface area contributed by atoms with Crippen molar-refractivity contribution in [2.45, 2.75) is 6.42 Å². The van der Waals surface area contributed by atoms with Crippen molar-refractivity contribution in [3.05, 3.63) is 64.1 Å². The number of nitro groups is 1. The first-order valence-electron chi connectivity index (χ1n) is 7.50. The molecule has 3 rings (SSSR count). The van der Waals surface area contributed by atoms with Gasteiger partial charge in [0.25, 0.3) is 0 Å². The first-order valence-corrected chi connectivity index (χ1v) is 7.50. The lowest BCUT2D eigenvalue weighted by Crippen LogP contribution is -2.07. The van der Waals surface area contributed by atoms with E-state index < -0.39 is 4.92 Å². The smallest absolute Gasteiger partial charge is 0.311 e. The van der Waals surface area contributed by atoms with Gasteiger partial charge in [-0.15, -0.1) is 0 Å². The molecule has 0 unspecified atom stereocenters. The highest BCUT2D eigenvalue weighted by molar-refractivity contribution is 5.82.